The quantitative estimate of drug-likeness (QED) is 0.303. The summed E-state index contributed by atoms with van der Waals surface area (Å²) < 4.78 is 28.6. The molecule has 5 heteroatoms. The second-order valence-corrected chi connectivity index (χ2v) is 9.59. The zero-order valence-electron chi connectivity index (χ0n) is 21.6. The molecule has 0 aliphatic rings. The van der Waals surface area contributed by atoms with E-state index in [1.807, 2.05) is 52.0 Å². The Bertz CT molecular complexity index is 742. The molecule has 2 aromatic rings. The van der Waals surface area contributed by atoms with Crippen LogP contribution in [0.5, 0.6) is 11.5 Å². The summed E-state index contributed by atoms with van der Waals surface area (Å²) in [6.45, 7) is 19.0. The maximum Gasteiger partial charge on any atom is 0.196 e. The molecule has 0 radical (unpaired) electrons. The lowest BCUT2D eigenvalue weighted by Gasteiger charge is -2.30. The van der Waals surface area contributed by atoms with E-state index in [-0.39, 0.29) is 23.4 Å². The first-order valence-corrected chi connectivity index (χ1v) is 11.9. The predicted octanol–water partition coefficient (Wildman–Crippen LogP) is 6.48. The molecule has 0 bridgehead atoms. The summed E-state index contributed by atoms with van der Waals surface area (Å²) in [4.78, 5) is 0. The van der Waals surface area contributed by atoms with Gasteiger partial charge in [-0.1, -0.05) is 52.0 Å². The van der Waals surface area contributed by atoms with Crippen molar-refractivity contribution in [1.82, 2.24) is 0 Å². The molecule has 33 heavy (non-hydrogen) atoms. The summed E-state index contributed by atoms with van der Waals surface area (Å²) in [7, 11) is 0. The molecule has 0 fully saturated rings. The molecule has 0 saturated carbocycles. The lowest BCUT2D eigenvalue weighted by Crippen LogP contribution is -2.30. The van der Waals surface area contributed by atoms with Crippen LogP contribution in [0.25, 0.3) is 0 Å². The lowest BCUT2D eigenvalue weighted by atomic mass is 9.84. The van der Waals surface area contributed by atoms with Crippen LogP contribution in [0.15, 0.2) is 48.5 Å². The van der Waals surface area contributed by atoms with Gasteiger partial charge >= 0.3 is 0 Å². The van der Waals surface area contributed by atoms with Gasteiger partial charge < -0.3 is 23.7 Å². The van der Waals surface area contributed by atoms with Crippen molar-refractivity contribution in [2.75, 3.05) is 26.4 Å². The summed E-state index contributed by atoms with van der Waals surface area (Å²) >= 11 is 0. The zero-order chi connectivity index (χ0) is 24.5. The molecule has 2 atom stereocenters. The van der Waals surface area contributed by atoms with Crippen molar-refractivity contribution in [2.24, 2.45) is 0 Å². The molecule has 2 unspecified atom stereocenters. The first-order valence-electron chi connectivity index (χ1n) is 11.9. The van der Waals surface area contributed by atoms with E-state index >= 15 is 0 Å². The highest BCUT2D eigenvalue weighted by Crippen LogP contribution is 2.29. The second kappa shape index (κ2) is 12.4. The molecular weight excluding hydrogens is 416 g/mol. The van der Waals surface area contributed by atoms with E-state index in [9.17, 15) is 0 Å². The van der Waals surface area contributed by atoms with E-state index in [1.54, 1.807) is 0 Å². The Labute approximate surface area is 200 Å². The second-order valence-electron chi connectivity index (χ2n) is 9.59. The molecule has 0 spiro atoms. The third-order valence-electron chi connectivity index (χ3n) is 5.60. The van der Waals surface area contributed by atoms with Gasteiger partial charge in [0.05, 0.1) is 13.2 Å². The van der Waals surface area contributed by atoms with Gasteiger partial charge in [0.2, 0.25) is 0 Å². The molecule has 0 aromatic heterocycles. The fourth-order valence-electron chi connectivity index (χ4n) is 3.62. The molecule has 0 N–H and O–H groups in total. The van der Waals surface area contributed by atoms with E-state index in [0.717, 1.165) is 11.5 Å². The fraction of sp³-hybridized carbons (Fsp3) is 0.571. The van der Waals surface area contributed by atoms with Gasteiger partial charge in [0.15, 0.2) is 12.6 Å². The summed E-state index contributed by atoms with van der Waals surface area (Å²) in [6, 6.07) is 16.4. The summed E-state index contributed by atoms with van der Waals surface area (Å²) in [5.41, 5.74) is 2.18. The van der Waals surface area contributed by atoms with E-state index in [0.29, 0.717) is 26.4 Å². The summed E-state index contributed by atoms with van der Waals surface area (Å²) in [5, 5.41) is 0. The van der Waals surface area contributed by atoms with Crippen LogP contribution in [-0.4, -0.2) is 39.0 Å². The molecule has 2 rings (SSSR count). The Morgan fingerprint density at radius 1 is 0.606 bits per heavy atom. The fourth-order valence-corrected chi connectivity index (χ4v) is 3.62. The van der Waals surface area contributed by atoms with E-state index in [4.69, 9.17) is 23.7 Å². The van der Waals surface area contributed by atoms with Gasteiger partial charge in [-0.2, -0.15) is 0 Å². The van der Waals surface area contributed by atoms with E-state index in [1.165, 1.54) is 11.1 Å². The van der Waals surface area contributed by atoms with E-state index < -0.39 is 0 Å². The van der Waals surface area contributed by atoms with Crippen LogP contribution >= 0.6 is 0 Å². The van der Waals surface area contributed by atoms with E-state index in [2.05, 4.69) is 52.0 Å². The Morgan fingerprint density at radius 3 is 1.24 bits per heavy atom. The van der Waals surface area contributed by atoms with Gasteiger partial charge in [-0.15, -0.1) is 0 Å². The maximum absolute atomic E-state index is 6.22. The number of hydrogen-bond acceptors (Lipinski definition) is 5. The number of rotatable bonds is 14. The first-order chi connectivity index (χ1) is 15.6. The average Bonchev–Trinajstić information content (AvgIpc) is 2.74. The summed E-state index contributed by atoms with van der Waals surface area (Å²) in [6.07, 6.45) is -0.513. The van der Waals surface area contributed by atoms with Crippen molar-refractivity contribution < 1.29 is 23.7 Å². The van der Waals surface area contributed by atoms with Crippen LogP contribution in [0.3, 0.4) is 0 Å². The highest BCUT2D eigenvalue weighted by molar-refractivity contribution is 5.33. The van der Waals surface area contributed by atoms with Crippen molar-refractivity contribution in [3.05, 3.63) is 59.7 Å². The Balaban J connectivity index is 1.90. The molecule has 0 aliphatic carbocycles. The van der Waals surface area contributed by atoms with Crippen LogP contribution in [0, 0.1) is 0 Å². The zero-order valence-corrected chi connectivity index (χ0v) is 21.6. The SMILES string of the molecule is CCOC(C)Oc1ccc(C(C)(C)COCC(C)(C)c2ccc(OC(C)OCC)cc2)cc1. The van der Waals surface area contributed by atoms with Crippen LogP contribution in [0.1, 0.15) is 66.5 Å². The van der Waals surface area contributed by atoms with Crippen molar-refractivity contribution in [1.29, 1.82) is 0 Å². The molecule has 0 aliphatic heterocycles. The van der Waals surface area contributed by atoms with Gasteiger partial charge in [0, 0.05) is 24.0 Å². The first kappa shape index (κ1) is 27.2. The van der Waals surface area contributed by atoms with Gasteiger partial charge in [0.1, 0.15) is 11.5 Å². The maximum atomic E-state index is 6.22. The van der Waals surface area contributed by atoms with Crippen LogP contribution < -0.4 is 9.47 Å². The number of benzene rings is 2. The lowest BCUT2D eigenvalue weighted by molar-refractivity contribution is -0.0616. The third kappa shape index (κ3) is 8.65. The van der Waals surface area contributed by atoms with Crippen LogP contribution in [-0.2, 0) is 25.0 Å². The molecule has 2 aromatic carbocycles. The molecule has 184 valence electrons. The van der Waals surface area contributed by atoms with Crippen molar-refractivity contribution >= 4 is 0 Å². The minimum Gasteiger partial charge on any atom is -0.465 e. The number of hydrogen-bond donors (Lipinski definition) is 0. The molecular formula is C28H42O5. The smallest absolute Gasteiger partial charge is 0.196 e. The molecule has 0 heterocycles. The Kier molecular flexibility index (Phi) is 10.2. The predicted molar refractivity (Wildman–Crippen MR) is 133 cm³/mol. The Hall–Kier alpha value is -2.08. The largest absolute Gasteiger partial charge is 0.465 e. The van der Waals surface area contributed by atoms with Gasteiger partial charge in [-0.3, -0.25) is 0 Å². The van der Waals surface area contributed by atoms with Gasteiger partial charge in [-0.05, 0) is 63.1 Å². The summed E-state index contributed by atoms with van der Waals surface area (Å²) in [5.74, 6) is 1.61. The van der Waals surface area contributed by atoms with Crippen molar-refractivity contribution in [3.8, 4) is 11.5 Å². The minimum atomic E-state index is -0.256. The molecule has 0 saturated heterocycles. The monoisotopic (exact) mass is 458 g/mol. The third-order valence-corrected chi connectivity index (χ3v) is 5.60. The van der Waals surface area contributed by atoms with Gasteiger partial charge in [0.25, 0.3) is 0 Å². The van der Waals surface area contributed by atoms with Gasteiger partial charge in [-0.25, -0.2) is 0 Å². The highest BCUT2D eigenvalue weighted by atomic mass is 16.7. The van der Waals surface area contributed by atoms with Crippen molar-refractivity contribution in [2.45, 2.75) is 78.8 Å². The topological polar surface area (TPSA) is 46.2 Å². The van der Waals surface area contributed by atoms with Crippen molar-refractivity contribution in [3.63, 3.8) is 0 Å². The molecule has 0 amide bonds. The number of ether oxygens (including phenoxy) is 5. The minimum absolute atomic E-state index is 0.118. The highest BCUT2D eigenvalue weighted by Gasteiger charge is 2.25. The van der Waals surface area contributed by atoms with Crippen LogP contribution in [0.2, 0.25) is 0 Å². The average molecular weight is 459 g/mol. The normalized spacial score (nSPS) is 14.1. The van der Waals surface area contributed by atoms with Crippen LogP contribution in [0.4, 0.5) is 0 Å². The Morgan fingerprint density at radius 2 is 0.939 bits per heavy atom. The standard InChI is InChI=1S/C28H42O5/c1-9-30-21(3)32-25-15-11-23(12-16-25)27(5,6)19-29-20-28(7,8)24-13-17-26(18-14-24)33-22(4)31-10-2/h11-18,21-22H,9-10,19-20H2,1-8H3. The molecule has 5 nitrogen and oxygen atoms in total.